The molecule has 6 nitrogen and oxygen atoms in total. The van der Waals surface area contributed by atoms with Crippen molar-refractivity contribution in [3.8, 4) is 0 Å². The van der Waals surface area contributed by atoms with E-state index in [9.17, 15) is 14.7 Å². The topological polar surface area (TPSA) is 70.1 Å². The van der Waals surface area contributed by atoms with Crippen molar-refractivity contribution < 1.29 is 19.4 Å². The van der Waals surface area contributed by atoms with Crippen LogP contribution in [0.4, 0.5) is 0 Å². The largest absolute Gasteiger partial charge is 0.481 e. The van der Waals surface area contributed by atoms with Gasteiger partial charge < -0.3 is 19.6 Å². The molecule has 0 bridgehead atoms. The highest BCUT2D eigenvalue weighted by molar-refractivity contribution is 7.14. The van der Waals surface area contributed by atoms with Crippen molar-refractivity contribution in [2.24, 2.45) is 11.3 Å². The molecular formula is C15H20N2O4S. The van der Waals surface area contributed by atoms with Gasteiger partial charge in [0.25, 0.3) is 5.91 Å². The summed E-state index contributed by atoms with van der Waals surface area (Å²) < 4.78 is 5.07. The summed E-state index contributed by atoms with van der Waals surface area (Å²) in [6.07, 6.45) is 0. The number of ether oxygens (including phenoxy) is 1. The van der Waals surface area contributed by atoms with Crippen LogP contribution in [0.25, 0.3) is 0 Å². The number of fused-ring (bicyclic) bond motifs is 1. The number of hydrogen-bond acceptors (Lipinski definition) is 5. The fraction of sp³-hybridized carbons (Fsp3) is 0.600. The van der Waals surface area contributed by atoms with Gasteiger partial charge in [-0.05, 0) is 19.2 Å². The molecule has 0 spiro atoms. The maximum atomic E-state index is 12.6. The third-order valence-electron chi connectivity index (χ3n) is 4.65. The number of hydrogen-bond donors (Lipinski definition) is 1. The lowest BCUT2D eigenvalue weighted by atomic mass is 9.81. The quantitative estimate of drug-likeness (QED) is 0.894. The molecule has 2 aliphatic rings. The highest BCUT2D eigenvalue weighted by Crippen LogP contribution is 2.42. The van der Waals surface area contributed by atoms with Crippen LogP contribution < -0.4 is 0 Å². The lowest BCUT2D eigenvalue weighted by Gasteiger charge is -2.23. The van der Waals surface area contributed by atoms with E-state index < -0.39 is 11.4 Å². The second-order valence-corrected chi connectivity index (χ2v) is 7.41. The van der Waals surface area contributed by atoms with Crippen molar-refractivity contribution in [2.75, 3.05) is 40.3 Å². The van der Waals surface area contributed by atoms with Crippen LogP contribution in [-0.4, -0.2) is 67.1 Å². The van der Waals surface area contributed by atoms with Crippen molar-refractivity contribution in [1.82, 2.24) is 9.80 Å². The van der Waals surface area contributed by atoms with Crippen molar-refractivity contribution in [1.29, 1.82) is 0 Å². The van der Waals surface area contributed by atoms with Gasteiger partial charge in [0.15, 0.2) is 0 Å². The van der Waals surface area contributed by atoms with Gasteiger partial charge in [-0.1, -0.05) is 0 Å². The predicted octanol–water partition coefficient (Wildman–Crippen LogP) is 0.983. The van der Waals surface area contributed by atoms with E-state index in [1.54, 1.807) is 18.1 Å². The molecule has 0 radical (unpaired) electrons. The number of carbonyl (C=O) groups excluding carboxylic acids is 1. The van der Waals surface area contributed by atoms with Gasteiger partial charge in [0, 0.05) is 44.1 Å². The van der Waals surface area contributed by atoms with Crippen LogP contribution in [0.2, 0.25) is 0 Å². The Kier molecular flexibility index (Phi) is 3.96. The molecule has 2 atom stereocenters. The van der Waals surface area contributed by atoms with Gasteiger partial charge in [-0.3, -0.25) is 9.59 Å². The minimum atomic E-state index is -0.809. The molecule has 0 aromatic carbocycles. The zero-order chi connectivity index (χ0) is 15.9. The highest BCUT2D eigenvalue weighted by atomic mass is 32.1. The third-order valence-corrected chi connectivity index (χ3v) is 5.70. The number of rotatable bonds is 4. The number of amides is 1. The lowest BCUT2D eigenvalue weighted by molar-refractivity contribution is -0.148. The van der Waals surface area contributed by atoms with E-state index in [-0.39, 0.29) is 11.8 Å². The van der Waals surface area contributed by atoms with E-state index in [0.717, 1.165) is 11.4 Å². The third kappa shape index (κ3) is 2.43. The number of methoxy groups -OCH3 is 1. The zero-order valence-corrected chi connectivity index (χ0v) is 13.6. The summed E-state index contributed by atoms with van der Waals surface area (Å²) >= 11 is 1.41. The molecule has 3 heterocycles. The van der Waals surface area contributed by atoms with Gasteiger partial charge in [0.1, 0.15) is 5.41 Å². The molecule has 1 N–H and O–H groups in total. The second kappa shape index (κ2) is 5.64. The average Bonchev–Trinajstić information content (AvgIpc) is 3.10. The first-order valence-corrected chi connectivity index (χ1v) is 8.07. The van der Waals surface area contributed by atoms with Crippen molar-refractivity contribution in [3.63, 3.8) is 0 Å². The summed E-state index contributed by atoms with van der Waals surface area (Å²) in [5.41, 5.74) is -0.809. The Morgan fingerprint density at radius 3 is 2.82 bits per heavy atom. The summed E-state index contributed by atoms with van der Waals surface area (Å²) in [7, 11) is 3.56. The molecule has 1 aromatic heterocycles. The summed E-state index contributed by atoms with van der Waals surface area (Å²) in [5.74, 6) is -0.842. The molecular weight excluding hydrogens is 304 g/mol. The number of carboxylic acid groups (broad SMARTS) is 1. The number of aliphatic carboxylic acids is 1. The van der Waals surface area contributed by atoms with Crippen LogP contribution in [0.5, 0.6) is 0 Å². The molecule has 7 heteroatoms. The van der Waals surface area contributed by atoms with E-state index in [1.807, 2.05) is 18.0 Å². The number of carboxylic acids is 1. The number of carbonyl (C=O) groups is 2. The molecule has 2 saturated heterocycles. The van der Waals surface area contributed by atoms with Crippen molar-refractivity contribution in [3.05, 3.63) is 21.9 Å². The Labute approximate surface area is 133 Å². The van der Waals surface area contributed by atoms with Gasteiger partial charge in [0.2, 0.25) is 0 Å². The minimum Gasteiger partial charge on any atom is -0.481 e. The van der Waals surface area contributed by atoms with Crippen LogP contribution in [0.15, 0.2) is 12.1 Å². The molecule has 3 rings (SSSR count). The molecule has 0 saturated carbocycles. The molecule has 2 fully saturated rings. The van der Waals surface area contributed by atoms with Gasteiger partial charge >= 0.3 is 5.97 Å². The molecule has 120 valence electrons. The smallest absolute Gasteiger partial charge is 0.313 e. The first-order valence-electron chi connectivity index (χ1n) is 7.25. The average molecular weight is 324 g/mol. The van der Waals surface area contributed by atoms with Gasteiger partial charge in [-0.15, -0.1) is 11.3 Å². The molecule has 1 amide bonds. The maximum absolute atomic E-state index is 12.6. The van der Waals surface area contributed by atoms with Crippen LogP contribution in [0.1, 0.15) is 14.5 Å². The number of nitrogens with zero attached hydrogens (tertiary/aromatic N) is 2. The van der Waals surface area contributed by atoms with E-state index in [1.165, 1.54) is 11.3 Å². The van der Waals surface area contributed by atoms with Gasteiger partial charge in [0.05, 0.1) is 11.5 Å². The Bertz CT molecular complexity index is 602. The summed E-state index contributed by atoms with van der Waals surface area (Å²) in [6, 6.07) is 3.69. The van der Waals surface area contributed by atoms with Gasteiger partial charge in [-0.25, -0.2) is 0 Å². The fourth-order valence-electron chi connectivity index (χ4n) is 3.64. The van der Waals surface area contributed by atoms with E-state index in [2.05, 4.69) is 0 Å². The Morgan fingerprint density at radius 1 is 1.41 bits per heavy atom. The van der Waals surface area contributed by atoms with Crippen LogP contribution in [-0.2, 0) is 16.1 Å². The Morgan fingerprint density at radius 2 is 2.18 bits per heavy atom. The summed E-state index contributed by atoms with van der Waals surface area (Å²) in [4.78, 5) is 29.8. The molecule has 1 aromatic rings. The predicted molar refractivity (Wildman–Crippen MR) is 82.0 cm³/mol. The van der Waals surface area contributed by atoms with Crippen LogP contribution >= 0.6 is 11.3 Å². The highest BCUT2D eigenvalue weighted by Gasteiger charge is 2.57. The van der Waals surface area contributed by atoms with Crippen molar-refractivity contribution in [2.45, 2.75) is 6.61 Å². The minimum absolute atomic E-state index is 0.0114. The Hall–Kier alpha value is -1.44. The van der Waals surface area contributed by atoms with Gasteiger partial charge in [-0.2, -0.15) is 0 Å². The first-order chi connectivity index (χ1) is 10.5. The summed E-state index contributed by atoms with van der Waals surface area (Å²) in [5, 5.41) is 9.66. The Balaban J connectivity index is 1.77. The maximum Gasteiger partial charge on any atom is 0.313 e. The van der Waals surface area contributed by atoms with E-state index >= 15 is 0 Å². The number of likely N-dealkylation sites (tertiary alicyclic amines) is 2. The normalized spacial score (nSPS) is 28.1. The standard InChI is InChI=1S/C15H20N2O4S/c1-16-5-10-6-17(9-15(10,8-16)14(19)20)13(18)12-4-3-11(22-12)7-21-2/h3-4,10H,5-9H2,1-2H3,(H,19,20)/t10-,15-/m0/s1. The van der Waals surface area contributed by atoms with E-state index in [4.69, 9.17) is 4.74 Å². The van der Waals surface area contributed by atoms with E-state index in [0.29, 0.717) is 31.1 Å². The molecule has 22 heavy (non-hydrogen) atoms. The summed E-state index contributed by atoms with van der Waals surface area (Å²) in [6.45, 7) is 2.55. The zero-order valence-electron chi connectivity index (χ0n) is 12.7. The SMILES string of the molecule is COCc1ccc(C(=O)N2C[C@@H]3CN(C)C[C@]3(C(=O)O)C2)s1. The number of thiophene rings is 1. The fourth-order valence-corrected chi connectivity index (χ4v) is 4.59. The lowest BCUT2D eigenvalue weighted by Crippen LogP contribution is -2.41. The first kappa shape index (κ1) is 15.5. The van der Waals surface area contributed by atoms with Crippen molar-refractivity contribution >= 4 is 23.2 Å². The van der Waals surface area contributed by atoms with Crippen LogP contribution in [0.3, 0.4) is 0 Å². The molecule has 2 aliphatic heterocycles. The van der Waals surface area contributed by atoms with Crippen LogP contribution in [0, 0.1) is 11.3 Å². The molecule has 0 aliphatic carbocycles. The molecule has 0 unspecified atom stereocenters. The second-order valence-electron chi connectivity index (χ2n) is 6.24. The monoisotopic (exact) mass is 324 g/mol.